The van der Waals surface area contributed by atoms with Crippen LogP contribution in [0.3, 0.4) is 0 Å². The molecule has 6 nitrogen and oxygen atoms in total. The van der Waals surface area contributed by atoms with Crippen LogP contribution in [0.1, 0.15) is 30.0 Å². The van der Waals surface area contributed by atoms with Crippen molar-refractivity contribution in [3.05, 3.63) is 51.2 Å². The maximum atomic E-state index is 13.6. The normalized spacial score (nSPS) is 12.0. The molecular weight excluding hydrogens is 291 g/mol. The number of rotatable bonds is 5. The van der Waals surface area contributed by atoms with Gasteiger partial charge in [-0.1, -0.05) is 0 Å². The van der Waals surface area contributed by atoms with Crippen molar-refractivity contribution < 1.29 is 18.5 Å². The molecule has 7 heteroatoms. The minimum Gasteiger partial charge on any atom is -0.494 e. The molecule has 0 amide bonds. The van der Waals surface area contributed by atoms with Gasteiger partial charge in [0.1, 0.15) is 17.2 Å². The summed E-state index contributed by atoms with van der Waals surface area (Å²) < 4.78 is 24.0. The zero-order valence-electron chi connectivity index (χ0n) is 12.8. The number of halogens is 1. The highest BCUT2D eigenvalue weighted by Crippen LogP contribution is 2.34. The van der Waals surface area contributed by atoms with E-state index >= 15 is 0 Å². The Balaban J connectivity index is 2.39. The van der Waals surface area contributed by atoms with Crippen molar-refractivity contribution >= 4 is 11.4 Å². The van der Waals surface area contributed by atoms with Gasteiger partial charge in [0.25, 0.3) is 5.69 Å². The first-order valence-electron chi connectivity index (χ1n) is 6.69. The van der Waals surface area contributed by atoms with E-state index in [2.05, 4.69) is 5.32 Å². The number of aryl methyl sites for hydroxylation is 2. The number of ether oxygens (including phenoxy) is 1. The van der Waals surface area contributed by atoms with Gasteiger partial charge in [0, 0.05) is 11.6 Å². The lowest BCUT2D eigenvalue weighted by molar-refractivity contribution is -0.384. The van der Waals surface area contributed by atoms with Gasteiger partial charge in [-0.15, -0.1) is 0 Å². The molecule has 0 aliphatic rings. The molecule has 0 saturated heterocycles. The number of nitrogens with one attached hydrogen (secondary N) is 1. The van der Waals surface area contributed by atoms with Crippen molar-refractivity contribution in [1.29, 1.82) is 0 Å². The quantitative estimate of drug-likeness (QED) is 0.664. The molecule has 0 aliphatic carbocycles. The van der Waals surface area contributed by atoms with E-state index in [1.165, 1.54) is 13.2 Å². The number of methoxy groups -OCH3 is 1. The monoisotopic (exact) mass is 308 g/mol. The van der Waals surface area contributed by atoms with Crippen LogP contribution >= 0.6 is 0 Å². The van der Waals surface area contributed by atoms with Crippen molar-refractivity contribution in [2.24, 2.45) is 0 Å². The molecule has 0 fully saturated rings. The van der Waals surface area contributed by atoms with Crippen LogP contribution in [0.4, 0.5) is 15.8 Å². The number of nitro benzene ring substituents is 1. The largest absolute Gasteiger partial charge is 0.494 e. The Labute approximate surface area is 127 Å². The minimum atomic E-state index is -0.775. The van der Waals surface area contributed by atoms with Crippen LogP contribution in [-0.2, 0) is 0 Å². The molecule has 2 rings (SSSR count). The van der Waals surface area contributed by atoms with Gasteiger partial charge in [-0.2, -0.15) is 0 Å². The van der Waals surface area contributed by atoms with Gasteiger partial charge in [0.2, 0.25) is 0 Å². The van der Waals surface area contributed by atoms with Crippen LogP contribution in [0, 0.1) is 29.8 Å². The maximum absolute atomic E-state index is 13.6. The minimum absolute atomic E-state index is 0.0552. The second-order valence-corrected chi connectivity index (χ2v) is 5.00. The molecule has 0 bridgehead atoms. The molecule has 1 N–H and O–H groups in total. The Morgan fingerprint density at radius 2 is 2.05 bits per heavy atom. The molecule has 2 aromatic rings. The molecule has 1 heterocycles. The van der Waals surface area contributed by atoms with E-state index < -0.39 is 10.7 Å². The van der Waals surface area contributed by atoms with Crippen molar-refractivity contribution in [2.45, 2.75) is 26.8 Å². The van der Waals surface area contributed by atoms with Gasteiger partial charge in [-0.05, 0) is 26.8 Å². The van der Waals surface area contributed by atoms with E-state index in [9.17, 15) is 14.5 Å². The third-order valence-corrected chi connectivity index (χ3v) is 3.38. The summed E-state index contributed by atoms with van der Waals surface area (Å²) in [5.41, 5.74) is 0.729. The smallest absolute Gasteiger partial charge is 0.295 e. The van der Waals surface area contributed by atoms with Gasteiger partial charge in [-0.3, -0.25) is 10.1 Å². The molecule has 1 aromatic carbocycles. The fraction of sp³-hybridized carbons (Fsp3) is 0.333. The summed E-state index contributed by atoms with van der Waals surface area (Å²) in [7, 11) is 1.31. The summed E-state index contributed by atoms with van der Waals surface area (Å²) in [4.78, 5) is 10.5. The standard InChI is InChI=1S/C15H17FN2O4/c1-8-5-11(10(3)22-8)9(2)17-13-7-15(21-4)12(16)6-14(13)18(19)20/h5-7,9,17H,1-4H3/t9-/m1/s1. The summed E-state index contributed by atoms with van der Waals surface area (Å²) in [5.74, 6) is 0.657. The summed E-state index contributed by atoms with van der Waals surface area (Å²) in [6.45, 7) is 5.49. The van der Waals surface area contributed by atoms with Crippen LogP contribution in [-0.4, -0.2) is 12.0 Å². The number of benzene rings is 1. The predicted octanol–water partition coefficient (Wildman–Crippen LogP) is 4.13. The Morgan fingerprint density at radius 3 is 2.55 bits per heavy atom. The maximum Gasteiger partial charge on any atom is 0.295 e. The van der Waals surface area contributed by atoms with Crippen LogP contribution in [0.5, 0.6) is 5.75 Å². The molecule has 0 aliphatic heterocycles. The van der Waals surface area contributed by atoms with Gasteiger partial charge in [0.15, 0.2) is 11.6 Å². The molecule has 0 saturated carbocycles. The molecular formula is C15H17FN2O4. The number of nitro groups is 1. The lowest BCUT2D eigenvalue weighted by Gasteiger charge is -2.15. The number of nitrogens with zero attached hydrogens (tertiary/aromatic N) is 1. The van der Waals surface area contributed by atoms with Crippen LogP contribution in [0.25, 0.3) is 0 Å². The van der Waals surface area contributed by atoms with Crippen molar-refractivity contribution in [2.75, 3.05) is 12.4 Å². The highest BCUT2D eigenvalue weighted by molar-refractivity contribution is 5.65. The predicted molar refractivity (Wildman–Crippen MR) is 79.8 cm³/mol. The molecule has 0 unspecified atom stereocenters. The van der Waals surface area contributed by atoms with Gasteiger partial charge < -0.3 is 14.5 Å². The lowest BCUT2D eigenvalue weighted by atomic mass is 10.1. The van der Waals surface area contributed by atoms with Gasteiger partial charge in [-0.25, -0.2) is 4.39 Å². The average molecular weight is 308 g/mol. The second-order valence-electron chi connectivity index (χ2n) is 5.00. The molecule has 0 spiro atoms. The first-order chi connectivity index (χ1) is 10.3. The van der Waals surface area contributed by atoms with Crippen molar-refractivity contribution in [3.8, 4) is 5.75 Å². The zero-order valence-corrected chi connectivity index (χ0v) is 12.8. The van der Waals surface area contributed by atoms with Crippen molar-refractivity contribution in [3.63, 3.8) is 0 Å². The van der Waals surface area contributed by atoms with E-state index in [4.69, 9.17) is 9.15 Å². The van der Waals surface area contributed by atoms with Gasteiger partial charge in [0.05, 0.1) is 24.1 Å². The molecule has 1 aromatic heterocycles. The van der Waals surface area contributed by atoms with E-state index in [0.29, 0.717) is 0 Å². The second kappa shape index (κ2) is 6.05. The van der Waals surface area contributed by atoms with Crippen molar-refractivity contribution in [1.82, 2.24) is 0 Å². The number of anilines is 1. The first-order valence-corrected chi connectivity index (χ1v) is 6.69. The first kappa shape index (κ1) is 15.8. The lowest BCUT2D eigenvalue weighted by Crippen LogP contribution is -2.09. The zero-order chi connectivity index (χ0) is 16.4. The molecule has 118 valence electrons. The third kappa shape index (κ3) is 3.03. The number of furan rings is 1. The van der Waals surface area contributed by atoms with E-state index in [0.717, 1.165) is 23.2 Å². The summed E-state index contributed by atoms with van der Waals surface area (Å²) in [5, 5.41) is 14.1. The van der Waals surface area contributed by atoms with Crippen LogP contribution < -0.4 is 10.1 Å². The van der Waals surface area contributed by atoms with Crippen LogP contribution in [0.2, 0.25) is 0 Å². The third-order valence-electron chi connectivity index (χ3n) is 3.38. The molecule has 0 radical (unpaired) electrons. The highest BCUT2D eigenvalue weighted by atomic mass is 19.1. The fourth-order valence-corrected chi connectivity index (χ4v) is 2.36. The Hall–Kier alpha value is -2.57. The number of hydrogen-bond donors (Lipinski definition) is 1. The van der Waals surface area contributed by atoms with E-state index in [-0.39, 0.29) is 23.2 Å². The van der Waals surface area contributed by atoms with Gasteiger partial charge >= 0.3 is 0 Å². The van der Waals surface area contributed by atoms with E-state index in [1.807, 2.05) is 26.8 Å². The Kier molecular flexibility index (Phi) is 4.35. The Bertz CT molecular complexity index is 712. The Morgan fingerprint density at radius 1 is 1.36 bits per heavy atom. The molecule has 1 atom stereocenters. The van der Waals surface area contributed by atoms with Crippen LogP contribution in [0.15, 0.2) is 22.6 Å². The average Bonchev–Trinajstić information content (AvgIpc) is 2.79. The summed E-state index contributed by atoms with van der Waals surface area (Å²) >= 11 is 0. The topological polar surface area (TPSA) is 77.5 Å². The molecule has 22 heavy (non-hydrogen) atoms. The highest BCUT2D eigenvalue weighted by Gasteiger charge is 2.22. The summed E-state index contributed by atoms with van der Waals surface area (Å²) in [6.07, 6.45) is 0. The van der Waals surface area contributed by atoms with E-state index in [1.54, 1.807) is 0 Å². The SMILES string of the molecule is COc1cc(N[C@H](C)c2cc(C)oc2C)c([N+](=O)[O-])cc1F. The summed E-state index contributed by atoms with van der Waals surface area (Å²) in [6, 6.07) is 3.75. The number of hydrogen-bond acceptors (Lipinski definition) is 5. The fourth-order valence-electron chi connectivity index (χ4n) is 2.36.